The number of hydrogen-bond donors (Lipinski definition) is 2. The molecule has 2 aromatic carbocycles. The van der Waals surface area contributed by atoms with E-state index in [1.165, 1.54) is 12.1 Å². The van der Waals surface area contributed by atoms with E-state index in [0.717, 1.165) is 29.8 Å². The molecule has 0 aliphatic carbocycles. The molecular weight excluding hydrogens is 355 g/mol. The summed E-state index contributed by atoms with van der Waals surface area (Å²) in [5.74, 6) is 0.537. The Bertz CT molecular complexity index is 663. The zero-order chi connectivity index (χ0) is 18.1. The fourth-order valence-electron chi connectivity index (χ4n) is 2.42. The number of rotatable bonds is 9. The van der Waals surface area contributed by atoms with Crippen LogP contribution in [0.15, 0.2) is 48.5 Å². The number of carbonyl (C=O) groups is 1. The van der Waals surface area contributed by atoms with Crippen LogP contribution in [0.5, 0.6) is 5.75 Å². The standard InChI is InChI=1S/C20H25FN2O2.ClH/c1-15(23-20(24)4-3-13-22-2)17-7-11-19(12-8-17)25-14-16-5-9-18(21)10-6-16;/h5-12,15,22H,3-4,13-14H2,1-2H3,(H,23,24);1H. The van der Waals surface area contributed by atoms with Gasteiger partial charge in [-0.3, -0.25) is 4.79 Å². The first-order chi connectivity index (χ1) is 12.1. The quantitative estimate of drug-likeness (QED) is 0.646. The van der Waals surface area contributed by atoms with Gasteiger partial charge in [-0.1, -0.05) is 24.3 Å². The summed E-state index contributed by atoms with van der Waals surface area (Å²) in [6, 6.07) is 13.8. The van der Waals surface area contributed by atoms with Gasteiger partial charge in [0.15, 0.2) is 0 Å². The summed E-state index contributed by atoms with van der Waals surface area (Å²) in [6.45, 7) is 3.18. The van der Waals surface area contributed by atoms with Crippen molar-refractivity contribution in [2.45, 2.75) is 32.4 Å². The average Bonchev–Trinajstić information content (AvgIpc) is 2.62. The van der Waals surface area contributed by atoms with Gasteiger partial charge < -0.3 is 15.4 Å². The lowest BCUT2D eigenvalue weighted by Gasteiger charge is -2.15. The smallest absolute Gasteiger partial charge is 0.220 e. The van der Waals surface area contributed by atoms with Crippen LogP contribution in [0.3, 0.4) is 0 Å². The summed E-state index contributed by atoms with van der Waals surface area (Å²) >= 11 is 0. The summed E-state index contributed by atoms with van der Waals surface area (Å²) < 4.78 is 18.6. The van der Waals surface area contributed by atoms with Crippen LogP contribution in [0.4, 0.5) is 4.39 Å². The van der Waals surface area contributed by atoms with Gasteiger partial charge in [-0.05, 0) is 62.3 Å². The largest absolute Gasteiger partial charge is 0.489 e. The lowest BCUT2D eigenvalue weighted by molar-refractivity contribution is -0.121. The maximum absolute atomic E-state index is 12.9. The first-order valence-electron chi connectivity index (χ1n) is 8.49. The molecular formula is C20H26ClFN2O2. The molecule has 0 aromatic heterocycles. The monoisotopic (exact) mass is 380 g/mol. The molecule has 0 heterocycles. The van der Waals surface area contributed by atoms with E-state index in [4.69, 9.17) is 4.74 Å². The molecule has 1 unspecified atom stereocenters. The second-order valence-electron chi connectivity index (χ2n) is 5.98. The summed E-state index contributed by atoms with van der Waals surface area (Å²) in [4.78, 5) is 11.9. The van der Waals surface area contributed by atoms with Crippen molar-refractivity contribution in [1.29, 1.82) is 0 Å². The second kappa shape index (κ2) is 11.5. The molecule has 0 aliphatic rings. The van der Waals surface area contributed by atoms with Gasteiger partial charge in [0.25, 0.3) is 0 Å². The number of hydrogen-bond acceptors (Lipinski definition) is 3. The summed E-state index contributed by atoms with van der Waals surface area (Å²) in [5, 5.41) is 6.02. The third kappa shape index (κ3) is 7.42. The highest BCUT2D eigenvalue weighted by atomic mass is 35.5. The molecule has 0 aliphatic heterocycles. The van der Waals surface area contributed by atoms with Crippen molar-refractivity contribution in [2.75, 3.05) is 13.6 Å². The van der Waals surface area contributed by atoms with Crippen LogP contribution in [0, 0.1) is 5.82 Å². The van der Waals surface area contributed by atoms with E-state index in [0.29, 0.717) is 13.0 Å². The SMILES string of the molecule is CNCCCC(=O)NC(C)c1ccc(OCc2ccc(F)cc2)cc1.Cl. The lowest BCUT2D eigenvalue weighted by atomic mass is 10.1. The van der Waals surface area contributed by atoms with Crippen molar-refractivity contribution in [2.24, 2.45) is 0 Å². The minimum absolute atomic E-state index is 0. The Hall–Kier alpha value is -2.11. The molecule has 0 spiro atoms. The Labute approximate surface area is 160 Å². The molecule has 1 amide bonds. The van der Waals surface area contributed by atoms with Crippen LogP contribution in [-0.2, 0) is 11.4 Å². The van der Waals surface area contributed by atoms with Gasteiger partial charge in [0.05, 0.1) is 6.04 Å². The fraction of sp³-hybridized carbons (Fsp3) is 0.350. The molecule has 0 saturated carbocycles. The molecule has 2 rings (SSSR count). The average molecular weight is 381 g/mol. The van der Waals surface area contributed by atoms with Crippen molar-refractivity contribution in [3.63, 3.8) is 0 Å². The first-order valence-corrected chi connectivity index (χ1v) is 8.49. The van der Waals surface area contributed by atoms with E-state index in [9.17, 15) is 9.18 Å². The Morgan fingerprint density at radius 3 is 2.38 bits per heavy atom. The molecule has 4 nitrogen and oxygen atoms in total. The number of benzene rings is 2. The van der Waals surface area contributed by atoms with E-state index >= 15 is 0 Å². The van der Waals surface area contributed by atoms with E-state index in [1.807, 2.05) is 38.2 Å². The van der Waals surface area contributed by atoms with Gasteiger partial charge in [-0.25, -0.2) is 4.39 Å². The van der Waals surface area contributed by atoms with E-state index < -0.39 is 0 Å². The number of nitrogens with one attached hydrogen (secondary N) is 2. The van der Waals surface area contributed by atoms with Crippen LogP contribution < -0.4 is 15.4 Å². The van der Waals surface area contributed by atoms with Crippen molar-refractivity contribution < 1.29 is 13.9 Å². The molecule has 6 heteroatoms. The van der Waals surface area contributed by atoms with Crippen LogP contribution in [0.2, 0.25) is 0 Å². The Balaban J connectivity index is 0.00000338. The maximum atomic E-state index is 12.9. The molecule has 0 fully saturated rings. The van der Waals surface area contributed by atoms with Crippen molar-refractivity contribution in [1.82, 2.24) is 10.6 Å². The number of amides is 1. The molecule has 1 atom stereocenters. The van der Waals surface area contributed by atoms with Gasteiger partial charge in [0.1, 0.15) is 18.2 Å². The number of ether oxygens (including phenoxy) is 1. The predicted octanol–water partition coefficient (Wildman–Crippen LogP) is 4.00. The highest BCUT2D eigenvalue weighted by Crippen LogP contribution is 2.19. The van der Waals surface area contributed by atoms with Gasteiger partial charge in [-0.15, -0.1) is 12.4 Å². The summed E-state index contributed by atoms with van der Waals surface area (Å²) in [7, 11) is 1.88. The number of halogens is 2. The highest BCUT2D eigenvalue weighted by Gasteiger charge is 2.09. The molecule has 2 N–H and O–H groups in total. The summed E-state index contributed by atoms with van der Waals surface area (Å²) in [6.07, 6.45) is 1.34. The molecule has 26 heavy (non-hydrogen) atoms. The predicted molar refractivity (Wildman–Crippen MR) is 104 cm³/mol. The van der Waals surface area contributed by atoms with Gasteiger partial charge in [0, 0.05) is 6.42 Å². The van der Waals surface area contributed by atoms with Crippen LogP contribution in [0.1, 0.15) is 36.9 Å². The van der Waals surface area contributed by atoms with Gasteiger partial charge >= 0.3 is 0 Å². The Morgan fingerprint density at radius 2 is 1.77 bits per heavy atom. The zero-order valence-corrected chi connectivity index (χ0v) is 15.9. The minimum Gasteiger partial charge on any atom is -0.489 e. The van der Waals surface area contributed by atoms with Crippen LogP contribution in [-0.4, -0.2) is 19.5 Å². The Kier molecular flexibility index (Phi) is 9.70. The van der Waals surface area contributed by atoms with E-state index in [2.05, 4.69) is 10.6 Å². The topological polar surface area (TPSA) is 50.4 Å². The van der Waals surface area contributed by atoms with Crippen molar-refractivity contribution in [3.05, 3.63) is 65.5 Å². The molecule has 142 valence electrons. The molecule has 0 bridgehead atoms. The zero-order valence-electron chi connectivity index (χ0n) is 15.1. The van der Waals surface area contributed by atoms with Crippen molar-refractivity contribution in [3.8, 4) is 5.75 Å². The second-order valence-corrected chi connectivity index (χ2v) is 5.98. The van der Waals surface area contributed by atoms with Crippen molar-refractivity contribution >= 4 is 18.3 Å². The van der Waals surface area contributed by atoms with Crippen LogP contribution >= 0.6 is 12.4 Å². The third-order valence-corrected chi connectivity index (χ3v) is 3.91. The van der Waals surface area contributed by atoms with E-state index in [-0.39, 0.29) is 30.2 Å². The molecule has 0 radical (unpaired) electrons. The molecule has 0 saturated heterocycles. The van der Waals surface area contributed by atoms with Gasteiger partial charge in [0.2, 0.25) is 5.91 Å². The maximum Gasteiger partial charge on any atom is 0.220 e. The first kappa shape index (κ1) is 21.9. The lowest BCUT2D eigenvalue weighted by Crippen LogP contribution is -2.27. The normalized spacial score (nSPS) is 11.3. The van der Waals surface area contributed by atoms with Crippen LogP contribution in [0.25, 0.3) is 0 Å². The Morgan fingerprint density at radius 1 is 1.12 bits per heavy atom. The van der Waals surface area contributed by atoms with E-state index in [1.54, 1.807) is 12.1 Å². The fourth-order valence-corrected chi connectivity index (χ4v) is 2.42. The summed E-state index contributed by atoms with van der Waals surface area (Å²) in [5.41, 5.74) is 1.93. The third-order valence-electron chi connectivity index (χ3n) is 3.91. The number of carbonyl (C=O) groups excluding carboxylic acids is 1. The highest BCUT2D eigenvalue weighted by molar-refractivity contribution is 5.85. The minimum atomic E-state index is -0.255. The molecule has 2 aromatic rings. The van der Waals surface area contributed by atoms with Gasteiger partial charge in [-0.2, -0.15) is 0 Å².